The molecule has 0 aliphatic heterocycles. The number of amides is 3. The van der Waals surface area contributed by atoms with Crippen LogP contribution in [0.3, 0.4) is 0 Å². The van der Waals surface area contributed by atoms with Gasteiger partial charge in [-0.05, 0) is 11.1 Å². The van der Waals surface area contributed by atoms with Crippen molar-refractivity contribution in [3.05, 3.63) is 63.2 Å². The fraction of sp³-hybridized carbons (Fsp3) is 0.333. The summed E-state index contributed by atoms with van der Waals surface area (Å²) in [5, 5.41) is 22.3. The molecule has 0 bridgehead atoms. The van der Waals surface area contributed by atoms with Gasteiger partial charge in [-0.15, -0.1) is 0 Å². The van der Waals surface area contributed by atoms with Crippen molar-refractivity contribution in [3.8, 4) is 5.75 Å². The number of rotatable bonds is 9. The molecule has 5 N–H and O–H groups in total. The lowest BCUT2D eigenvalue weighted by Gasteiger charge is -2.20. The second kappa shape index (κ2) is 12.3. The number of hydrogen-bond acceptors (Lipinski definition) is 8. The number of hydroxylamine groups is 1. The summed E-state index contributed by atoms with van der Waals surface area (Å²) in [5.74, 6) is -5.52. The molecule has 11 nitrogen and oxygen atoms in total. The Morgan fingerprint density at radius 3 is 2.11 bits per heavy atom. The number of benzene rings is 1. The number of aromatic hydroxyl groups is 1. The minimum atomic E-state index is -4.79. The van der Waals surface area contributed by atoms with Gasteiger partial charge < -0.3 is 24.9 Å². The highest BCUT2D eigenvalue weighted by molar-refractivity contribution is 5.95. The third kappa shape index (κ3) is 9.30. The van der Waals surface area contributed by atoms with E-state index in [4.69, 9.17) is 14.4 Å². The molecular formula is C21H19F6N3O8. The third-order valence-corrected chi connectivity index (χ3v) is 4.56. The van der Waals surface area contributed by atoms with Crippen molar-refractivity contribution < 1.29 is 60.2 Å². The second-order valence-corrected chi connectivity index (χ2v) is 7.52. The van der Waals surface area contributed by atoms with Gasteiger partial charge in [-0.1, -0.05) is 24.3 Å². The van der Waals surface area contributed by atoms with Crippen molar-refractivity contribution in [2.45, 2.75) is 31.3 Å². The molecule has 1 atom stereocenters. The van der Waals surface area contributed by atoms with Crippen LogP contribution in [0.5, 0.6) is 5.75 Å². The highest BCUT2D eigenvalue weighted by Crippen LogP contribution is 2.33. The minimum Gasteiger partial charge on any atom is -0.501 e. The summed E-state index contributed by atoms with van der Waals surface area (Å²) in [6.45, 7) is -0.781. The minimum absolute atomic E-state index is 0.207. The highest BCUT2D eigenvalue weighted by atomic mass is 19.4. The lowest BCUT2D eigenvalue weighted by molar-refractivity contribution is -0.154. The number of hydrogen-bond donors (Lipinski definition) is 5. The van der Waals surface area contributed by atoms with Gasteiger partial charge in [-0.3, -0.25) is 19.6 Å². The number of alkyl halides is 6. The first-order chi connectivity index (χ1) is 17.6. The number of ether oxygens (including phenoxy) is 1. The van der Waals surface area contributed by atoms with E-state index in [0.717, 1.165) is 29.7 Å². The molecule has 0 saturated heterocycles. The van der Waals surface area contributed by atoms with Crippen LogP contribution in [0.25, 0.3) is 0 Å². The number of carbonyl (C=O) groups excluding carboxylic acids is 3. The van der Waals surface area contributed by atoms with Crippen molar-refractivity contribution in [3.63, 3.8) is 0 Å². The molecule has 0 aliphatic rings. The topological polar surface area (TPSA) is 167 Å². The van der Waals surface area contributed by atoms with Crippen molar-refractivity contribution in [2.75, 3.05) is 13.1 Å². The first kappa shape index (κ1) is 29.9. The van der Waals surface area contributed by atoms with Crippen molar-refractivity contribution in [1.82, 2.24) is 16.1 Å². The number of nitrogens with one attached hydrogen (secondary N) is 3. The van der Waals surface area contributed by atoms with Crippen LogP contribution >= 0.6 is 0 Å². The van der Waals surface area contributed by atoms with Crippen molar-refractivity contribution in [1.29, 1.82) is 0 Å². The lowest BCUT2D eigenvalue weighted by atomic mass is 10.0. The van der Waals surface area contributed by atoms with Gasteiger partial charge in [0.2, 0.25) is 16.9 Å². The van der Waals surface area contributed by atoms with E-state index in [1.54, 1.807) is 0 Å². The molecule has 2 rings (SSSR count). The summed E-state index contributed by atoms with van der Waals surface area (Å²) in [7, 11) is 0. The Morgan fingerprint density at radius 1 is 0.947 bits per heavy atom. The van der Waals surface area contributed by atoms with Crippen LogP contribution in [-0.2, 0) is 11.2 Å². The van der Waals surface area contributed by atoms with Crippen LogP contribution < -0.4 is 21.5 Å². The predicted molar refractivity (Wildman–Crippen MR) is 112 cm³/mol. The Morgan fingerprint density at radius 2 is 1.55 bits per heavy atom. The molecule has 0 radical (unpaired) electrons. The summed E-state index contributed by atoms with van der Waals surface area (Å²) in [5.41, 5.74) is -0.512. The molecule has 0 spiro atoms. The lowest BCUT2D eigenvalue weighted by Crippen LogP contribution is -2.36. The van der Waals surface area contributed by atoms with Gasteiger partial charge in [0.15, 0.2) is 5.76 Å². The zero-order chi connectivity index (χ0) is 28.7. The van der Waals surface area contributed by atoms with Gasteiger partial charge in [-0.2, -0.15) is 26.3 Å². The molecule has 0 saturated carbocycles. The maximum atomic E-state index is 13.0. The van der Waals surface area contributed by atoms with Gasteiger partial charge in [0.25, 0.3) is 5.91 Å². The molecule has 0 unspecified atom stereocenters. The van der Waals surface area contributed by atoms with Crippen LogP contribution in [0.2, 0.25) is 0 Å². The molecule has 3 amide bonds. The summed E-state index contributed by atoms with van der Waals surface area (Å²) in [6, 6.07) is 4.40. The van der Waals surface area contributed by atoms with E-state index in [1.807, 2.05) is 0 Å². The van der Waals surface area contributed by atoms with E-state index < -0.39 is 78.4 Å². The Labute approximate surface area is 208 Å². The molecule has 1 aromatic heterocycles. The van der Waals surface area contributed by atoms with E-state index in [9.17, 15) is 50.6 Å². The molecule has 1 heterocycles. The fourth-order valence-electron chi connectivity index (χ4n) is 2.92. The fourth-order valence-corrected chi connectivity index (χ4v) is 2.92. The molecule has 208 valence electrons. The Kier molecular flexibility index (Phi) is 9.70. The average molecular weight is 555 g/mol. The summed E-state index contributed by atoms with van der Waals surface area (Å²) < 4.78 is 85.8. The largest absolute Gasteiger partial charge is 0.501 e. The Balaban J connectivity index is 1.97. The van der Waals surface area contributed by atoms with E-state index in [0.29, 0.717) is 6.07 Å². The summed E-state index contributed by atoms with van der Waals surface area (Å²) in [4.78, 5) is 47.1. The van der Waals surface area contributed by atoms with Crippen LogP contribution in [0, 0.1) is 0 Å². The standard InChI is InChI=1S/C21H19F6N3O8/c22-20(23,24)8-10-1-3-11(4-2-10)14(9-21(25,26)27)38-19(35)29-6-5-28-17(33)13-7-12(31)15(32)16(37-13)18(34)30-36/h1-4,7,14,32,36H,5-6,8-9H2,(H,28,33)(H,29,35)(H,30,34)/t14-/m0/s1. The number of carbonyl (C=O) groups is 3. The predicted octanol–water partition coefficient (Wildman–Crippen LogP) is 2.72. The smallest absolute Gasteiger partial charge is 0.407 e. The maximum absolute atomic E-state index is 13.0. The van der Waals surface area contributed by atoms with E-state index in [1.165, 1.54) is 0 Å². The van der Waals surface area contributed by atoms with E-state index in [2.05, 4.69) is 10.6 Å². The van der Waals surface area contributed by atoms with Gasteiger partial charge in [0.05, 0.1) is 12.8 Å². The molecule has 38 heavy (non-hydrogen) atoms. The highest BCUT2D eigenvalue weighted by Gasteiger charge is 2.35. The Hall–Kier alpha value is -4.28. The normalized spacial score (nSPS) is 12.4. The average Bonchev–Trinajstić information content (AvgIpc) is 2.81. The van der Waals surface area contributed by atoms with Gasteiger partial charge in [0, 0.05) is 19.2 Å². The number of halogens is 6. The van der Waals surface area contributed by atoms with Crippen molar-refractivity contribution in [2.24, 2.45) is 0 Å². The van der Waals surface area contributed by atoms with Crippen molar-refractivity contribution >= 4 is 17.9 Å². The SMILES string of the molecule is O=C(NCCNC(=O)c1cc(=O)c(O)c(C(=O)NO)o1)O[C@@H](CC(F)(F)F)c1ccc(CC(F)(F)F)cc1. The number of alkyl carbamates (subject to hydrolysis) is 1. The molecular weight excluding hydrogens is 536 g/mol. The molecule has 2 aromatic rings. The maximum Gasteiger partial charge on any atom is 0.407 e. The van der Waals surface area contributed by atoms with Crippen LogP contribution in [0.1, 0.15) is 44.8 Å². The molecule has 0 fully saturated rings. The first-order valence-electron chi connectivity index (χ1n) is 10.4. The molecule has 1 aromatic carbocycles. The Bertz CT molecular complexity index is 1210. The quantitative estimate of drug-likeness (QED) is 0.136. The first-order valence-corrected chi connectivity index (χ1v) is 10.4. The van der Waals surface area contributed by atoms with Gasteiger partial charge in [0.1, 0.15) is 6.10 Å². The summed E-state index contributed by atoms with van der Waals surface area (Å²) >= 11 is 0. The second-order valence-electron chi connectivity index (χ2n) is 7.52. The van der Waals surface area contributed by atoms with Crippen LogP contribution in [0.15, 0.2) is 39.5 Å². The monoisotopic (exact) mass is 555 g/mol. The van der Waals surface area contributed by atoms with E-state index >= 15 is 0 Å². The molecule has 17 heteroatoms. The third-order valence-electron chi connectivity index (χ3n) is 4.56. The zero-order valence-corrected chi connectivity index (χ0v) is 18.9. The van der Waals surface area contributed by atoms with Crippen LogP contribution in [-0.4, -0.2) is 53.7 Å². The van der Waals surface area contributed by atoms with Gasteiger partial charge >= 0.3 is 24.4 Å². The van der Waals surface area contributed by atoms with Crippen LogP contribution in [0.4, 0.5) is 31.1 Å². The van der Waals surface area contributed by atoms with Gasteiger partial charge in [-0.25, -0.2) is 10.3 Å². The zero-order valence-electron chi connectivity index (χ0n) is 18.9. The molecule has 0 aliphatic carbocycles. The van der Waals surface area contributed by atoms with E-state index in [-0.39, 0.29) is 17.7 Å². The summed E-state index contributed by atoms with van der Waals surface area (Å²) in [6.07, 6.45) is -15.5.